The third-order valence-electron chi connectivity index (χ3n) is 4.13. The number of phosphoric ester groups is 1. The highest BCUT2D eigenvalue weighted by atomic mass is 31.2. The summed E-state index contributed by atoms with van der Waals surface area (Å²) in [5.74, 6) is 0. The largest absolute Gasteiger partial charge is 0.469 e. The number of rotatable bonds is 19. The molecule has 0 spiro atoms. The minimum absolute atomic E-state index is 0.256. The van der Waals surface area contributed by atoms with Crippen LogP contribution < -0.4 is 0 Å². The van der Waals surface area contributed by atoms with Gasteiger partial charge in [-0.2, -0.15) is 0 Å². The lowest BCUT2D eigenvalue weighted by molar-refractivity contribution is -0.113. The van der Waals surface area contributed by atoms with Crippen molar-refractivity contribution >= 4 is 7.82 Å². The minimum atomic E-state index is -4.62. The third kappa shape index (κ3) is 16.6. The molecule has 0 saturated carbocycles. The predicted octanol–water partition coefficient (Wildman–Crippen LogP) is 3.04. The molecular formula is C18H39O8P. The van der Waals surface area contributed by atoms with Gasteiger partial charge in [-0.1, -0.05) is 26.7 Å². The van der Waals surface area contributed by atoms with Crippen molar-refractivity contribution in [1.29, 1.82) is 0 Å². The molecule has 0 aliphatic rings. The second kappa shape index (κ2) is 15.8. The van der Waals surface area contributed by atoms with Crippen molar-refractivity contribution in [1.82, 2.24) is 0 Å². The van der Waals surface area contributed by atoms with Gasteiger partial charge in [-0.05, 0) is 26.2 Å². The summed E-state index contributed by atoms with van der Waals surface area (Å²) < 4.78 is 33.2. The van der Waals surface area contributed by atoms with Crippen LogP contribution in [0.5, 0.6) is 0 Å². The fourth-order valence-corrected chi connectivity index (χ4v) is 2.72. The molecular weight excluding hydrogens is 375 g/mol. The summed E-state index contributed by atoms with van der Waals surface area (Å²) in [7, 11) is -4.62. The quantitative estimate of drug-likeness (QED) is 0.218. The zero-order valence-electron chi connectivity index (χ0n) is 17.1. The van der Waals surface area contributed by atoms with Crippen LogP contribution in [0.4, 0.5) is 0 Å². The van der Waals surface area contributed by atoms with Crippen molar-refractivity contribution in [2.24, 2.45) is 0 Å². The highest BCUT2D eigenvalue weighted by Crippen LogP contribution is 2.38. The predicted molar refractivity (Wildman–Crippen MR) is 104 cm³/mol. The van der Waals surface area contributed by atoms with E-state index in [2.05, 4.69) is 13.8 Å². The van der Waals surface area contributed by atoms with Gasteiger partial charge in [0.25, 0.3) is 0 Å². The maximum atomic E-state index is 11.2. The smallest absolute Gasteiger partial charge is 0.393 e. The Bertz CT molecular complexity index is 372. The number of aliphatic hydroxyl groups is 1. The minimum Gasteiger partial charge on any atom is -0.393 e. The summed E-state index contributed by atoms with van der Waals surface area (Å²) >= 11 is 0. The van der Waals surface area contributed by atoms with Gasteiger partial charge >= 0.3 is 7.82 Å². The number of ether oxygens (including phenoxy) is 3. The third-order valence-corrected chi connectivity index (χ3v) is 4.59. The van der Waals surface area contributed by atoms with E-state index in [1.807, 2.05) is 0 Å². The Hall–Kier alpha value is -0.0500. The first-order valence-electron chi connectivity index (χ1n) is 9.92. The Labute approximate surface area is 163 Å². The van der Waals surface area contributed by atoms with Crippen molar-refractivity contribution < 1.29 is 38.2 Å². The molecule has 0 fully saturated rings. The van der Waals surface area contributed by atoms with Crippen LogP contribution in [0.25, 0.3) is 0 Å². The van der Waals surface area contributed by atoms with Crippen LogP contribution >= 0.6 is 7.82 Å². The Morgan fingerprint density at radius 3 is 1.85 bits per heavy atom. The normalized spacial score (nSPS) is 13.9. The Kier molecular flexibility index (Phi) is 15.8. The monoisotopic (exact) mass is 414 g/mol. The first-order valence-corrected chi connectivity index (χ1v) is 11.5. The van der Waals surface area contributed by atoms with E-state index >= 15 is 0 Å². The maximum Gasteiger partial charge on any atom is 0.469 e. The fraction of sp³-hybridized carbons (Fsp3) is 1.00. The summed E-state index contributed by atoms with van der Waals surface area (Å²) in [5.41, 5.74) is -0.936. The molecule has 0 aromatic rings. The lowest BCUT2D eigenvalue weighted by Crippen LogP contribution is -2.41. The topological polar surface area (TPSA) is 115 Å². The molecule has 1 atom stereocenters. The molecule has 1 unspecified atom stereocenters. The second-order valence-corrected chi connectivity index (χ2v) is 8.10. The number of aliphatic hydroxyl groups excluding tert-OH is 1. The summed E-state index contributed by atoms with van der Waals surface area (Å²) in [6, 6.07) is 0. The van der Waals surface area contributed by atoms with Gasteiger partial charge < -0.3 is 29.1 Å². The van der Waals surface area contributed by atoms with Crippen molar-refractivity contribution in [3.63, 3.8) is 0 Å². The average molecular weight is 414 g/mol. The number of hydrogen-bond acceptors (Lipinski definition) is 6. The van der Waals surface area contributed by atoms with E-state index < -0.39 is 19.5 Å². The van der Waals surface area contributed by atoms with E-state index in [1.165, 1.54) is 0 Å². The summed E-state index contributed by atoms with van der Waals surface area (Å²) in [5, 5.41) is 9.47. The van der Waals surface area contributed by atoms with Crippen molar-refractivity contribution in [2.75, 3.05) is 39.6 Å². The molecule has 0 aromatic heterocycles. The van der Waals surface area contributed by atoms with Crippen LogP contribution in [0.2, 0.25) is 0 Å². The zero-order valence-corrected chi connectivity index (χ0v) is 18.0. The average Bonchev–Trinajstić information content (AvgIpc) is 2.58. The van der Waals surface area contributed by atoms with Crippen LogP contribution in [0.3, 0.4) is 0 Å². The molecule has 8 nitrogen and oxygen atoms in total. The van der Waals surface area contributed by atoms with E-state index in [0.29, 0.717) is 45.7 Å². The standard InChI is InChI=1S/C18H39O8P/c1-4-6-11-23-14-9-18(16-26-27(20,21)22,25-13-8-17(3)19)10-15-24-12-7-5-2/h17,19H,4-16H2,1-3H3,(H2,20,21,22). The van der Waals surface area contributed by atoms with Gasteiger partial charge in [-0.15, -0.1) is 0 Å². The first kappa shape index (κ1) is 27.0. The van der Waals surface area contributed by atoms with Gasteiger partial charge in [0.2, 0.25) is 0 Å². The highest BCUT2D eigenvalue weighted by molar-refractivity contribution is 7.46. The molecule has 0 aliphatic heterocycles. The van der Waals surface area contributed by atoms with Gasteiger partial charge in [-0.25, -0.2) is 4.57 Å². The Balaban J connectivity index is 4.87. The summed E-state index contributed by atoms with van der Waals surface area (Å²) in [6.07, 6.45) is 4.72. The molecule has 3 N–H and O–H groups in total. The zero-order chi connectivity index (χ0) is 20.6. The molecule has 0 heterocycles. The van der Waals surface area contributed by atoms with Crippen molar-refractivity contribution in [3.05, 3.63) is 0 Å². The molecule has 9 heteroatoms. The van der Waals surface area contributed by atoms with Gasteiger partial charge in [0.1, 0.15) is 0 Å². The molecule has 0 aliphatic carbocycles. The van der Waals surface area contributed by atoms with Crippen LogP contribution in [0, 0.1) is 0 Å². The number of unbranched alkanes of at least 4 members (excludes halogenated alkanes) is 2. The van der Waals surface area contributed by atoms with Crippen molar-refractivity contribution in [3.8, 4) is 0 Å². The van der Waals surface area contributed by atoms with E-state index in [0.717, 1.165) is 25.7 Å². The molecule has 0 saturated heterocycles. The first-order chi connectivity index (χ1) is 12.7. The van der Waals surface area contributed by atoms with Gasteiger partial charge in [0.05, 0.1) is 18.3 Å². The SMILES string of the molecule is CCCCOCCC(CCOCCCC)(COP(=O)(O)O)OCCC(C)O. The second-order valence-electron chi connectivity index (χ2n) is 6.87. The molecule has 0 radical (unpaired) electrons. The molecule has 164 valence electrons. The highest BCUT2D eigenvalue weighted by Gasteiger charge is 2.34. The van der Waals surface area contributed by atoms with Crippen molar-refractivity contribution in [2.45, 2.75) is 77.4 Å². The lowest BCUT2D eigenvalue weighted by atomic mass is 9.96. The molecule has 0 bridgehead atoms. The van der Waals surface area contributed by atoms with Crippen LogP contribution in [0.1, 0.15) is 65.7 Å². The van der Waals surface area contributed by atoms with Crippen LogP contribution in [-0.4, -0.2) is 66.2 Å². The van der Waals surface area contributed by atoms with Crippen LogP contribution in [0.15, 0.2) is 0 Å². The van der Waals surface area contributed by atoms with E-state index in [9.17, 15) is 9.67 Å². The molecule has 0 aromatic carbocycles. The summed E-state index contributed by atoms with van der Waals surface area (Å²) in [6.45, 7) is 7.88. The van der Waals surface area contributed by atoms with Gasteiger partial charge in [0, 0.05) is 45.9 Å². The Morgan fingerprint density at radius 2 is 1.44 bits per heavy atom. The van der Waals surface area contributed by atoms with E-state index in [-0.39, 0.29) is 13.2 Å². The number of phosphoric acid groups is 1. The van der Waals surface area contributed by atoms with E-state index in [4.69, 9.17) is 28.5 Å². The van der Waals surface area contributed by atoms with Crippen LogP contribution in [-0.2, 0) is 23.3 Å². The maximum absolute atomic E-state index is 11.2. The fourth-order valence-electron chi connectivity index (χ4n) is 2.32. The van der Waals surface area contributed by atoms with E-state index in [1.54, 1.807) is 6.92 Å². The van der Waals surface area contributed by atoms with Gasteiger partial charge in [-0.3, -0.25) is 4.52 Å². The number of hydrogen-bond donors (Lipinski definition) is 3. The lowest BCUT2D eigenvalue weighted by Gasteiger charge is -2.34. The molecule has 27 heavy (non-hydrogen) atoms. The molecule has 0 amide bonds. The Morgan fingerprint density at radius 1 is 0.926 bits per heavy atom. The summed E-state index contributed by atoms with van der Waals surface area (Å²) in [4.78, 5) is 18.2. The molecule has 0 rings (SSSR count). The van der Waals surface area contributed by atoms with Gasteiger partial charge in [0.15, 0.2) is 0 Å².